The van der Waals surface area contributed by atoms with E-state index in [-0.39, 0.29) is 17.8 Å². The molecule has 2 aromatic rings. The van der Waals surface area contributed by atoms with Crippen LogP contribution in [0.15, 0.2) is 23.4 Å². The van der Waals surface area contributed by atoms with E-state index in [0.717, 1.165) is 19.4 Å². The van der Waals surface area contributed by atoms with Crippen molar-refractivity contribution in [1.82, 2.24) is 20.2 Å². The Bertz CT molecular complexity index is 736. The quantitative estimate of drug-likeness (QED) is 0.733. The third-order valence-corrected chi connectivity index (χ3v) is 4.92. The van der Waals surface area contributed by atoms with Crippen molar-refractivity contribution < 1.29 is 14.3 Å². The van der Waals surface area contributed by atoms with Crippen LogP contribution in [0.25, 0.3) is 0 Å². The molecule has 134 valence electrons. The fourth-order valence-corrected chi connectivity index (χ4v) is 3.41. The van der Waals surface area contributed by atoms with Gasteiger partial charge >= 0.3 is 0 Å². The van der Waals surface area contributed by atoms with Gasteiger partial charge < -0.3 is 14.8 Å². The summed E-state index contributed by atoms with van der Waals surface area (Å²) in [4.78, 5) is 12.1. The molecule has 1 atom stereocenters. The molecule has 0 radical (unpaired) electrons. The molecular weight excluding hydrogens is 366 g/mol. The zero-order valence-electron chi connectivity index (χ0n) is 13.6. The van der Waals surface area contributed by atoms with Crippen LogP contribution in [-0.4, -0.2) is 51.7 Å². The first kappa shape index (κ1) is 18.0. The molecule has 1 N–H and O–H groups in total. The average Bonchev–Trinajstić information content (AvgIpc) is 3.26. The van der Waals surface area contributed by atoms with E-state index in [9.17, 15) is 4.79 Å². The Morgan fingerprint density at radius 2 is 2.44 bits per heavy atom. The Labute approximate surface area is 154 Å². The topological polar surface area (TPSA) is 91.2 Å². The number of thioether (sulfide) groups is 1. The zero-order valence-corrected chi connectivity index (χ0v) is 15.2. The number of carbonyl (C=O) groups excluding carboxylic acids is 1. The van der Waals surface area contributed by atoms with Crippen LogP contribution in [0.1, 0.15) is 12.8 Å². The number of nitrogens with zero attached hydrogens (tertiary/aromatic N) is 4. The van der Waals surface area contributed by atoms with E-state index in [1.165, 1.54) is 18.9 Å². The molecule has 1 amide bonds. The Balaban J connectivity index is 1.52. The Kier molecular flexibility index (Phi) is 6.11. The van der Waals surface area contributed by atoms with E-state index in [4.69, 9.17) is 21.1 Å². The van der Waals surface area contributed by atoms with E-state index in [0.29, 0.717) is 28.2 Å². The smallest absolute Gasteiger partial charge is 0.234 e. The molecule has 0 spiro atoms. The molecule has 3 rings (SSSR count). The van der Waals surface area contributed by atoms with E-state index < -0.39 is 0 Å². The molecule has 1 aromatic carbocycles. The first-order valence-electron chi connectivity index (χ1n) is 7.79. The number of nitrogens with one attached hydrogen (secondary N) is 1. The van der Waals surface area contributed by atoms with Gasteiger partial charge in [-0.25, -0.2) is 4.68 Å². The van der Waals surface area contributed by atoms with Crippen LogP contribution in [-0.2, 0) is 16.1 Å². The van der Waals surface area contributed by atoms with Gasteiger partial charge in [0.1, 0.15) is 5.75 Å². The van der Waals surface area contributed by atoms with Crippen molar-refractivity contribution in [2.24, 2.45) is 0 Å². The summed E-state index contributed by atoms with van der Waals surface area (Å²) in [6.45, 7) is 1.38. The lowest BCUT2D eigenvalue weighted by molar-refractivity contribution is -0.113. The predicted molar refractivity (Wildman–Crippen MR) is 94.1 cm³/mol. The maximum absolute atomic E-state index is 12.1. The average molecular weight is 384 g/mol. The Morgan fingerprint density at radius 1 is 1.56 bits per heavy atom. The van der Waals surface area contributed by atoms with Crippen molar-refractivity contribution in [2.45, 2.75) is 30.6 Å². The van der Waals surface area contributed by atoms with Gasteiger partial charge in [-0.2, -0.15) is 0 Å². The first-order chi connectivity index (χ1) is 12.2. The zero-order chi connectivity index (χ0) is 17.6. The highest BCUT2D eigenvalue weighted by Crippen LogP contribution is 2.27. The van der Waals surface area contributed by atoms with Crippen LogP contribution in [0.5, 0.6) is 5.75 Å². The van der Waals surface area contributed by atoms with Gasteiger partial charge in [0.15, 0.2) is 0 Å². The molecule has 1 aliphatic heterocycles. The fourth-order valence-electron chi connectivity index (χ4n) is 2.47. The monoisotopic (exact) mass is 383 g/mol. The van der Waals surface area contributed by atoms with Gasteiger partial charge in [0.2, 0.25) is 11.1 Å². The first-order valence-corrected chi connectivity index (χ1v) is 9.16. The maximum Gasteiger partial charge on any atom is 0.234 e. The normalized spacial score (nSPS) is 16.8. The number of tetrazole rings is 1. The highest BCUT2D eigenvalue weighted by molar-refractivity contribution is 7.99. The number of amides is 1. The lowest BCUT2D eigenvalue weighted by Gasteiger charge is -2.10. The fraction of sp³-hybridized carbons (Fsp3) is 0.467. The number of methoxy groups -OCH3 is 1. The molecule has 0 bridgehead atoms. The largest absolute Gasteiger partial charge is 0.495 e. The molecule has 0 aliphatic carbocycles. The lowest BCUT2D eigenvalue weighted by atomic mass is 10.2. The highest BCUT2D eigenvalue weighted by Gasteiger charge is 2.19. The summed E-state index contributed by atoms with van der Waals surface area (Å²) < 4.78 is 12.4. The number of rotatable bonds is 7. The number of hydrogen-bond donors (Lipinski definition) is 1. The standard InChI is InChI=1S/C15H18ClN5O3S/c1-23-13-5-4-10(7-12(13)16)17-14(22)9-25-15-18-19-20-21(15)8-11-3-2-6-24-11/h4-5,7,11H,2-3,6,8-9H2,1H3,(H,17,22). The summed E-state index contributed by atoms with van der Waals surface area (Å²) in [6.07, 6.45) is 2.20. The van der Waals surface area contributed by atoms with Crippen LogP contribution in [0.2, 0.25) is 5.02 Å². The molecular formula is C15H18ClN5O3S. The summed E-state index contributed by atoms with van der Waals surface area (Å²) in [7, 11) is 1.54. The van der Waals surface area contributed by atoms with Crippen LogP contribution in [0.3, 0.4) is 0 Å². The van der Waals surface area contributed by atoms with E-state index in [2.05, 4.69) is 20.8 Å². The molecule has 1 unspecified atom stereocenters. The SMILES string of the molecule is COc1ccc(NC(=O)CSc2nnnn2CC2CCCO2)cc1Cl. The molecule has 1 aromatic heterocycles. The number of hydrogen-bond acceptors (Lipinski definition) is 7. The van der Waals surface area contributed by atoms with Gasteiger partial charge in [-0.15, -0.1) is 5.10 Å². The van der Waals surface area contributed by atoms with E-state index in [1.807, 2.05) is 0 Å². The van der Waals surface area contributed by atoms with Gasteiger partial charge in [-0.05, 0) is 41.5 Å². The minimum atomic E-state index is -0.169. The van der Waals surface area contributed by atoms with Gasteiger partial charge in [0.05, 0.1) is 30.5 Å². The molecule has 25 heavy (non-hydrogen) atoms. The summed E-state index contributed by atoms with van der Waals surface area (Å²) in [6, 6.07) is 5.08. The minimum absolute atomic E-state index is 0.137. The van der Waals surface area contributed by atoms with Crippen LogP contribution >= 0.6 is 23.4 Å². The van der Waals surface area contributed by atoms with Crippen LogP contribution in [0, 0.1) is 0 Å². The van der Waals surface area contributed by atoms with Crippen molar-refractivity contribution in [1.29, 1.82) is 0 Å². The van der Waals surface area contributed by atoms with Gasteiger partial charge in [0.25, 0.3) is 0 Å². The lowest BCUT2D eigenvalue weighted by Crippen LogP contribution is -2.18. The molecule has 8 nitrogen and oxygen atoms in total. The Hall–Kier alpha value is -1.84. The summed E-state index contributed by atoms with van der Waals surface area (Å²) in [5, 5.41) is 15.4. The highest BCUT2D eigenvalue weighted by atomic mass is 35.5. The molecule has 0 saturated carbocycles. The molecule has 1 saturated heterocycles. The third-order valence-electron chi connectivity index (χ3n) is 3.67. The van der Waals surface area contributed by atoms with Gasteiger partial charge in [0, 0.05) is 12.3 Å². The van der Waals surface area contributed by atoms with Crippen molar-refractivity contribution in [3.05, 3.63) is 23.2 Å². The summed E-state index contributed by atoms with van der Waals surface area (Å²) >= 11 is 7.33. The number of anilines is 1. The molecule has 10 heteroatoms. The number of aromatic nitrogens is 4. The molecule has 1 fully saturated rings. The second kappa shape index (κ2) is 8.50. The van der Waals surface area contributed by atoms with Crippen molar-refractivity contribution in [3.63, 3.8) is 0 Å². The maximum atomic E-state index is 12.1. The predicted octanol–water partition coefficient (Wildman–Crippen LogP) is 2.24. The molecule has 2 heterocycles. The van der Waals surface area contributed by atoms with Gasteiger partial charge in [-0.1, -0.05) is 23.4 Å². The third kappa shape index (κ3) is 4.83. The number of benzene rings is 1. The Morgan fingerprint density at radius 3 is 3.16 bits per heavy atom. The van der Waals surface area contributed by atoms with Crippen LogP contribution in [0.4, 0.5) is 5.69 Å². The van der Waals surface area contributed by atoms with Crippen LogP contribution < -0.4 is 10.1 Å². The summed E-state index contributed by atoms with van der Waals surface area (Å²) in [5.74, 6) is 0.579. The summed E-state index contributed by atoms with van der Waals surface area (Å²) in [5.41, 5.74) is 0.607. The molecule has 1 aliphatic rings. The van der Waals surface area contributed by atoms with Crippen molar-refractivity contribution >= 4 is 35.0 Å². The van der Waals surface area contributed by atoms with E-state index >= 15 is 0 Å². The number of ether oxygens (including phenoxy) is 2. The van der Waals surface area contributed by atoms with E-state index in [1.54, 1.807) is 22.9 Å². The second-order valence-corrected chi connectivity index (χ2v) is 6.81. The van der Waals surface area contributed by atoms with Gasteiger partial charge in [-0.3, -0.25) is 4.79 Å². The number of halogens is 1. The van der Waals surface area contributed by atoms with Crippen molar-refractivity contribution in [2.75, 3.05) is 24.8 Å². The second-order valence-electron chi connectivity index (χ2n) is 5.46. The van der Waals surface area contributed by atoms with Crippen molar-refractivity contribution in [3.8, 4) is 5.75 Å². The minimum Gasteiger partial charge on any atom is -0.495 e. The number of carbonyl (C=O) groups is 1.